The molecular weight excluding hydrogens is 173 g/mol. The van der Waals surface area contributed by atoms with Gasteiger partial charge < -0.3 is 9.47 Å². The van der Waals surface area contributed by atoms with E-state index in [2.05, 4.69) is 15.5 Å². The zero-order valence-corrected chi connectivity index (χ0v) is 5.61. The molecule has 0 amide bonds. The van der Waals surface area contributed by atoms with Crippen LogP contribution in [0.15, 0.2) is 12.1 Å². The summed E-state index contributed by atoms with van der Waals surface area (Å²) in [4.78, 5) is 0. The van der Waals surface area contributed by atoms with E-state index in [-0.39, 0.29) is 11.5 Å². The fourth-order valence-electron chi connectivity index (χ4n) is 0.861. The molecule has 1 heterocycles. The minimum absolute atomic E-state index is 0.276. The van der Waals surface area contributed by atoms with Gasteiger partial charge in [-0.25, -0.2) is 4.39 Å². The molecule has 5 heteroatoms. The smallest absolute Gasteiger partial charge is 0.395 e. The summed E-state index contributed by atoms with van der Waals surface area (Å²) < 4.78 is 44.9. The Morgan fingerprint density at radius 1 is 1.33 bits per heavy atom. The van der Waals surface area contributed by atoms with E-state index in [4.69, 9.17) is 0 Å². The first-order valence-corrected chi connectivity index (χ1v) is 3.04. The summed E-state index contributed by atoms with van der Waals surface area (Å²) in [5.74, 6) is -1.31. The molecule has 0 saturated carbocycles. The molecule has 63 valence electrons. The molecule has 0 spiro atoms. The van der Waals surface area contributed by atoms with E-state index in [0.717, 1.165) is 12.1 Å². The van der Waals surface area contributed by atoms with Crippen LogP contribution in [0.2, 0.25) is 0 Å². The second-order valence-electron chi connectivity index (χ2n) is 2.18. The molecule has 0 saturated heterocycles. The van der Waals surface area contributed by atoms with Crippen molar-refractivity contribution in [2.24, 2.45) is 0 Å². The van der Waals surface area contributed by atoms with E-state index in [1.165, 1.54) is 0 Å². The van der Waals surface area contributed by atoms with Gasteiger partial charge in [0, 0.05) is 12.1 Å². The first-order chi connectivity index (χ1) is 5.57. The number of rotatable bonds is 0. The van der Waals surface area contributed by atoms with Crippen molar-refractivity contribution in [3.05, 3.63) is 24.0 Å². The number of halogens is 3. The van der Waals surface area contributed by atoms with Crippen molar-refractivity contribution >= 4 is 0 Å². The maximum atomic E-state index is 12.4. The third-order valence-electron chi connectivity index (χ3n) is 1.28. The summed E-state index contributed by atoms with van der Waals surface area (Å²) in [6, 6.07) is 3.88. The topological polar surface area (TPSA) is 18.5 Å². The summed E-state index contributed by atoms with van der Waals surface area (Å²) in [6.07, 6.45) is -3.70. The highest BCUT2D eigenvalue weighted by atomic mass is 19.3. The number of fused-ring (bicyclic) bond motifs is 1. The minimum Gasteiger partial charge on any atom is -0.395 e. The predicted molar refractivity (Wildman–Crippen MR) is 31.4 cm³/mol. The molecule has 1 aromatic carbocycles. The van der Waals surface area contributed by atoms with Crippen LogP contribution in [0.25, 0.3) is 0 Å². The second kappa shape index (κ2) is 2.06. The van der Waals surface area contributed by atoms with Gasteiger partial charge in [0.25, 0.3) is 0 Å². The molecular formula is C7H2F3O2. The third-order valence-corrected chi connectivity index (χ3v) is 1.28. The summed E-state index contributed by atoms with van der Waals surface area (Å²) in [5, 5.41) is 0. The number of benzene rings is 1. The van der Waals surface area contributed by atoms with Crippen molar-refractivity contribution in [3.8, 4) is 11.5 Å². The van der Waals surface area contributed by atoms with E-state index < -0.39 is 12.1 Å². The zero-order chi connectivity index (χ0) is 8.77. The molecule has 12 heavy (non-hydrogen) atoms. The highest BCUT2D eigenvalue weighted by Crippen LogP contribution is 2.40. The molecule has 1 aromatic rings. The van der Waals surface area contributed by atoms with Crippen LogP contribution in [-0.2, 0) is 0 Å². The first kappa shape index (κ1) is 7.27. The van der Waals surface area contributed by atoms with Gasteiger partial charge in [-0.15, -0.1) is 8.78 Å². The monoisotopic (exact) mass is 175 g/mol. The van der Waals surface area contributed by atoms with Crippen LogP contribution in [0.1, 0.15) is 0 Å². The standard InChI is InChI=1S/C7H2F3O2/c8-4-1-2-5-6(3-4)12-7(9,10)11-5/h1,3H. The van der Waals surface area contributed by atoms with Crippen LogP contribution in [0.3, 0.4) is 0 Å². The van der Waals surface area contributed by atoms with Gasteiger partial charge in [-0.05, 0) is 6.07 Å². The van der Waals surface area contributed by atoms with Crippen LogP contribution in [-0.4, -0.2) is 6.29 Å². The van der Waals surface area contributed by atoms with Crippen molar-refractivity contribution in [2.75, 3.05) is 0 Å². The number of hydrogen-bond donors (Lipinski definition) is 0. The van der Waals surface area contributed by atoms with Gasteiger partial charge in [0.1, 0.15) is 5.82 Å². The minimum atomic E-state index is -3.70. The molecule has 1 aliphatic heterocycles. The van der Waals surface area contributed by atoms with Crippen LogP contribution in [0, 0.1) is 11.9 Å². The highest BCUT2D eigenvalue weighted by Gasteiger charge is 2.43. The Kier molecular flexibility index (Phi) is 1.25. The lowest BCUT2D eigenvalue weighted by Crippen LogP contribution is -2.25. The Morgan fingerprint density at radius 2 is 2.08 bits per heavy atom. The summed E-state index contributed by atoms with van der Waals surface area (Å²) in [7, 11) is 0. The Hall–Kier alpha value is -1.39. The van der Waals surface area contributed by atoms with Crippen molar-refractivity contribution < 1.29 is 22.6 Å². The lowest BCUT2D eigenvalue weighted by molar-refractivity contribution is -0.286. The summed E-state index contributed by atoms with van der Waals surface area (Å²) in [5.41, 5.74) is 0. The lowest BCUT2D eigenvalue weighted by Gasteiger charge is -2.04. The largest absolute Gasteiger partial charge is 0.586 e. The van der Waals surface area contributed by atoms with E-state index in [1.807, 2.05) is 0 Å². The van der Waals surface area contributed by atoms with Crippen molar-refractivity contribution in [1.82, 2.24) is 0 Å². The highest BCUT2D eigenvalue weighted by molar-refractivity contribution is 5.41. The third kappa shape index (κ3) is 1.07. The number of ether oxygens (including phenoxy) is 2. The molecule has 0 aromatic heterocycles. The lowest BCUT2D eigenvalue weighted by atomic mass is 10.3. The molecule has 0 aliphatic carbocycles. The normalized spacial score (nSPS) is 17.9. The maximum Gasteiger partial charge on any atom is 0.586 e. The van der Waals surface area contributed by atoms with Gasteiger partial charge in [-0.3, -0.25) is 0 Å². The van der Waals surface area contributed by atoms with Crippen molar-refractivity contribution in [3.63, 3.8) is 0 Å². The Labute approximate surface area is 65.5 Å². The van der Waals surface area contributed by atoms with Gasteiger partial charge in [0.05, 0.1) is 0 Å². The van der Waals surface area contributed by atoms with E-state index in [0.29, 0.717) is 0 Å². The Morgan fingerprint density at radius 3 is 2.83 bits per heavy atom. The van der Waals surface area contributed by atoms with Crippen LogP contribution < -0.4 is 9.47 Å². The van der Waals surface area contributed by atoms with E-state index in [1.54, 1.807) is 0 Å². The molecule has 0 N–H and O–H groups in total. The van der Waals surface area contributed by atoms with Crippen LogP contribution in [0.5, 0.6) is 11.5 Å². The quantitative estimate of drug-likeness (QED) is 0.599. The summed E-state index contributed by atoms with van der Waals surface area (Å²) >= 11 is 0. The fraction of sp³-hybridized carbons (Fsp3) is 0.143. The molecule has 0 fully saturated rings. The average Bonchev–Trinajstić information content (AvgIpc) is 2.21. The number of alkyl halides is 2. The fourth-order valence-corrected chi connectivity index (χ4v) is 0.861. The van der Waals surface area contributed by atoms with Gasteiger partial charge in [-0.2, -0.15) is 0 Å². The molecule has 0 bridgehead atoms. The molecule has 1 radical (unpaired) electrons. The molecule has 1 aliphatic rings. The van der Waals surface area contributed by atoms with Gasteiger partial charge in [-0.1, -0.05) is 0 Å². The molecule has 2 nitrogen and oxygen atoms in total. The predicted octanol–water partition coefficient (Wildman–Crippen LogP) is 1.95. The summed E-state index contributed by atoms with van der Waals surface area (Å²) in [6.45, 7) is 0. The first-order valence-electron chi connectivity index (χ1n) is 3.04. The Bertz CT molecular complexity index is 324. The van der Waals surface area contributed by atoms with E-state index in [9.17, 15) is 13.2 Å². The zero-order valence-electron chi connectivity index (χ0n) is 5.61. The molecule has 2 rings (SSSR count). The average molecular weight is 175 g/mol. The number of hydrogen-bond acceptors (Lipinski definition) is 2. The van der Waals surface area contributed by atoms with Crippen LogP contribution >= 0.6 is 0 Å². The van der Waals surface area contributed by atoms with Crippen molar-refractivity contribution in [1.29, 1.82) is 0 Å². The maximum absolute atomic E-state index is 12.4. The molecule has 0 atom stereocenters. The SMILES string of the molecule is Fc1c[c]c2c(c1)OC(F)(F)O2. The van der Waals surface area contributed by atoms with Gasteiger partial charge in [0.2, 0.25) is 0 Å². The van der Waals surface area contributed by atoms with E-state index >= 15 is 0 Å². The second-order valence-corrected chi connectivity index (χ2v) is 2.18. The Balaban J connectivity index is 2.43. The van der Waals surface area contributed by atoms with Gasteiger partial charge >= 0.3 is 6.29 Å². The molecule has 0 unspecified atom stereocenters. The van der Waals surface area contributed by atoms with Gasteiger partial charge in [0.15, 0.2) is 11.5 Å². The van der Waals surface area contributed by atoms with Crippen molar-refractivity contribution in [2.45, 2.75) is 6.29 Å². The van der Waals surface area contributed by atoms with Crippen LogP contribution in [0.4, 0.5) is 13.2 Å².